The predicted octanol–water partition coefficient (Wildman–Crippen LogP) is 0.742. The van der Waals surface area contributed by atoms with Crippen molar-refractivity contribution in [2.45, 2.75) is 32.7 Å². The standard InChI is InChI=1S/C7H17NO/c1-6(2)3-4-7(8)5-9/h6-7,9H,3-5,8H2,1-2H3/t7-/m0/s1. The quantitative estimate of drug-likeness (QED) is 0.591. The molecular weight excluding hydrogens is 114 g/mol. The lowest BCUT2D eigenvalue weighted by molar-refractivity contribution is 0.254. The molecule has 0 amide bonds. The van der Waals surface area contributed by atoms with Crippen molar-refractivity contribution in [2.24, 2.45) is 11.7 Å². The highest BCUT2D eigenvalue weighted by Crippen LogP contribution is 2.04. The molecule has 0 aromatic rings. The molecule has 0 heterocycles. The summed E-state index contributed by atoms with van der Waals surface area (Å²) < 4.78 is 0. The predicted molar refractivity (Wildman–Crippen MR) is 39.1 cm³/mol. The SMILES string of the molecule is CC(C)CC[C@H](N)CO. The van der Waals surface area contributed by atoms with Crippen LogP contribution in [0, 0.1) is 5.92 Å². The van der Waals surface area contributed by atoms with Gasteiger partial charge < -0.3 is 10.8 Å². The molecule has 56 valence electrons. The van der Waals surface area contributed by atoms with Gasteiger partial charge >= 0.3 is 0 Å². The lowest BCUT2D eigenvalue weighted by atomic mass is 10.0. The van der Waals surface area contributed by atoms with E-state index in [1.807, 2.05) is 0 Å². The Labute approximate surface area is 57.1 Å². The number of hydrogen-bond donors (Lipinski definition) is 2. The zero-order valence-electron chi connectivity index (χ0n) is 6.30. The number of aliphatic hydroxyl groups is 1. The van der Waals surface area contributed by atoms with Crippen molar-refractivity contribution in [3.8, 4) is 0 Å². The van der Waals surface area contributed by atoms with Crippen molar-refractivity contribution in [3.05, 3.63) is 0 Å². The second-order valence-electron chi connectivity index (χ2n) is 2.91. The van der Waals surface area contributed by atoms with Crippen LogP contribution in [-0.2, 0) is 0 Å². The van der Waals surface area contributed by atoms with Crippen LogP contribution in [0.2, 0.25) is 0 Å². The van der Waals surface area contributed by atoms with Crippen molar-refractivity contribution in [3.63, 3.8) is 0 Å². The molecule has 0 radical (unpaired) electrons. The van der Waals surface area contributed by atoms with E-state index in [0.717, 1.165) is 12.8 Å². The van der Waals surface area contributed by atoms with E-state index in [4.69, 9.17) is 10.8 Å². The average Bonchev–Trinajstić information content (AvgIpc) is 1.83. The molecule has 3 N–H and O–H groups in total. The van der Waals surface area contributed by atoms with Crippen LogP contribution in [0.15, 0.2) is 0 Å². The molecule has 2 nitrogen and oxygen atoms in total. The van der Waals surface area contributed by atoms with Gasteiger partial charge in [0.05, 0.1) is 6.61 Å². The molecule has 0 fully saturated rings. The third-order valence-electron chi connectivity index (χ3n) is 1.35. The van der Waals surface area contributed by atoms with Crippen molar-refractivity contribution in [1.82, 2.24) is 0 Å². The van der Waals surface area contributed by atoms with Gasteiger partial charge in [0.25, 0.3) is 0 Å². The molecular formula is C7H17NO. The van der Waals surface area contributed by atoms with Gasteiger partial charge in [0.15, 0.2) is 0 Å². The van der Waals surface area contributed by atoms with Crippen LogP contribution in [0.3, 0.4) is 0 Å². The molecule has 0 saturated heterocycles. The fraction of sp³-hybridized carbons (Fsp3) is 1.00. The largest absolute Gasteiger partial charge is 0.395 e. The molecule has 0 spiro atoms. The van der Waals surface area contributed by atoms with E-state index < -0.39 is 0 Å². The number of hydrogen-bond acceptors (Lipinski definition) is 2. The van der Waals surface area contributed by atoms with Crippen LogP contribution in [0.25, 0.3) is 0 Å². The Morgan fingerprint density at radius 2 is 1.89 bits per heavy atom. The molecule has 0 saturated carbocycles. The maximum absolute atomic E-state index is 8.52. The first-order chi connectivity index (χ1) is 4.16. The van der Waals surface area contributed by atoms with Crippen molar-refractivity contribution >= 4 is 0 Å². The van der Waals surface area contributed by atoms with E-state index in [-0.39, 0.29) is 12.6 Å². The van der Waals surface area contributed by atoms with Crippen LogP contribution < -0.4 is 5.73 Å². The number of aliphatic hydroxyl groups excluding tert-OH is 1. The molecule has 0 aromatic heterocycles. The maximum atomic E-state index is 8.52. The first-order valence-corrected chi connectivity index (χ1v) is 3.53. The lowest BCUT2D eigenvalue weighted by Crippen LogP contribution is -2.24. The summed E-state index contributed by atoms with van der Waals surface area (Å²) in [6.45, 7) is 4.43. The summed E-state index contributed by atoms with van der Waals surface area (Å²) in [4.78, 5) is 0. The van der Waals surface area contributed by atoms with Crippen molar-refractivity contribution in [1.29, 1.82) is 0 Å². The highest BCUT2D eigenvalue weighted by Gasteiger charge is 2.00. The first-order valence-electron chi connectivity index (χ1n) is 3.53. The number of rotatable bonds is 4. The smallest absolute Gasteiger partial charge is 0.0582 e. The molecule has 0 aliphatic rings. The zero-order chi connectivity index (χ0) is 7.28. The molecule has 0 aliphatic carbocycles. The molecule has 0 aliphatic heterocycles. The third-order valence-corrected chi connectivity index (χ3v) is 1.35. The number of nitrogens with two attached hydrogens (primary N) is 1. The van der Waals surface area contributed by atoms with Crippen LogP contribution in [-0.4, -0.2) is 17.8 Å². The molecule has 0 bridgehead atoms. The van der Waals surface area contributed by atoms with Gasteiger partial charge in [-0.15, -0.1) is 0 Å². The highest BCUT2D eigenvalue weighted by molar-refractivity contribution is 4.59. The van der Waals surface area contributed by atoms with E-state index in [2.05, 4.69) is 13.8 Å². The van der Waals surface area contributed by atoms with Gasteiger partial charge in [-0.05, 0) is 18.8 Å². The summed E-state index contributed by atoms with van der Waals surface area (Å²) >= 11 is 0. The second-order valence-corrected chi connectivity index (χ2v) is 2.91. The Hall–Kier alpha value is -0.0800. The van der Waals surface area contributed by atoms with Gasteiger partial charge in [-0.25, -0.2) is 0 Å². The van der Waals surface area contributed by atoms with Gasteiger partial charge in [-0.2, -0.15) is 0 Å². The Kier molecular flexibility index (Phi) is 4.72. The lowest BCUT2D eigenvalue weighted by Gasteiger charge is -2.08. The first kappa shape index (κ1) is 8.92. The summed E-state index contributed by atoms with van der Waals surface area (Å²) in [7, 11) is 0. The Morgan fingerprint density at radius 3 is 2.22 bits per heavy atom. The molecule has 1 atom stereocenters. The fourth-order valence-electron chi connectivity index (χ4n) is 0.639. The summed E-state index contributed by atoms with van der Waals surface area (Å²) in [5.74, 6) is 0.697. The van der Waals surface area contributed by atoms with E-state index in [9.17, 15) is 0 Å². The van der Waals surface area contributed by atoms with Crippen LogP contribution in [0.5, 0.6) is 0 Å². The van der Waals surface area contributed by atoms with Crippen LogP contribution >= 0.6 is 0 Å². The van der Waals surface area contributed by atoms with Gasteiger partial charge in [-0.3, -0.25) is 0 Å². The topological polar surface area (TPSA) is 46.2 Å². The third kappa shape index (κ3) is 5.80. The highest BCUT2D eigenvalue weighted by atomic mass is 16.3. The monoisotopic (exact) mass is 131 g/mol. The minimum Gasteiger partial charge on any atom is -0.395 e. The van der Waals surface area contributed by atoms with Gasteiger partial charge in [0.1, 0.15) is 0 Å². The average molecular weight is 131 g/mol. The van der Waals surface area contributed by atoms with Crippen LogP contribution in [0.1, 0.15) is 26.7 Å². The van der Waals surface area contributed by atoms with Crippen molar-refractivity contribution < 1.29 is 5.11 Å². The van der Waals surface area contributed by atoms with E-state index in [1.54, 1.807) is 0 Å². The van der Waals surface area contributed by atoms with Gasteiger partial charge in [0, 0.05) is 6.04 Å². The normalized spacial score (nSPS) is 14.3. The Bertz CT molecular complexity index is 63.9. The van der Waals surface area contributed by atoms with Crippen molar-refractivity contribution in [2.75, 3.05) is 6.61 Å². The summed E-state index contributed by atoms with van der Waals surface area (Å²) in [6, 6.07) is -0.00704. The maximum Gasteiger partial charge on any atom is 0.0582 e. The fourth-order valence-corrected chi connectivity index (χ4v) is 0.639. The molecule has 0 unspecified atom stereocenters. The van der Waals surface area contributed by atoms with Gasteiger partial charge in [-0.1, -0.05) is 13.8 Å². The molecule has 9 heavy (non-hydrogen) atoms. The second kappa shape index (κ2) is 4.77. The Morgan fingerprint density at radius 1 is 1.33 bits per heavy atom. The Balaban J connectivity index is 3.06. The minimum absolute atomic E-state index is 0.00704. The summed E-state index contributed by atoms with van der Waals surface area (Å²) in [5, 5.41) is 8.52. The van der Waals surface area contributed by atoms with E-state index >= 15 is 0 Å². The van der Waals surface area contributed by atoms with E-state index in [1.165, 1.54) is 0 Å². The summed E-state index contributed by atoms with van der Waals surface area (Å²) in [5.41, 5.74) is 5.47. The van der Waals surface area contributed by atoms with Gasteiger partial charge in [0.2, 0.25) is 0 Å². The van der Waals surface area contributed by atoms with Crippen LogP contribution in [0.4, 0.5) is 0 Å². The summed E-state index contributed by atoms with van der Waals surface area (Å²) in [6.07, 6.45) is 2.05. The minimum atomic E-state index is -0.00704. The van der Waals surface area contributed by atoms with E-state index in [0.29, 0.717) is 5.92 Å². The zero-order valence-corrected chi connectivity index (χ0v) is 6.30. The molecule has 0 aromatic carbocycles. The molecule has 0 rings (SSSR count). The molecule has 2 heteroatoms.